The van der Waals surface area contributed by atoms with Crippen LogP contribution in [0.1, 0.15) is 40.0 Å². The molecule has 5 nitrogen and oxygen atoms in total. The van der Waals surface area contributed by atoms with Crippen molar-refractivity contribution in [3.63, 3.8) is 0 Å². The van der Waals surface area contributed by atoms with Gasteiger partial charge in [-0.3, -0.25) is 4.79 Å². The van der Waals surface area contributed by atoms with Crippen LogP contribution in [0, 0.1) is 5.41 Å². The first-order valence-electron chi connectivity index (χ1n) is 5.58. The summed E-state index contributed by atoms with van der Waals surface area (Å²) < 4.78 is 0. The molecule has 0 aromatic heterocycles. The number of nitrogens with zero attached hydrogens (tertiary/aromatic N) is 2. The van der Waals surface area contributed by atoms with Gasteiger partial charge in [-0.15, -0.1) is 0 Å². The van der Waals surface area contributed by atoms with Gasteiger partial charge in [-0.1, -0.05) is 12.1 Å². The summed E-state index contributed by atoms with van der Waals surface area (Å²) in [4.78, 5) is 14.0. The summed E-state index contributed by atoms with van der Waals surface area (Å²) in [7, 11) is 1.77. The van der Waals surface area contributed by atoms with Crippen LogP contribution >= 0.6 is 0 Å². The lowest BCUT2D eigenvalue weighted by atomic mass is 9.95. The number of rotatable bonds is 4. The first-order chi connectivity index (χ1) is 7.31. The highest BCUT2D eigenvalue weighted by Crippen LogP contribution is 2.48. The van der Waals surface area contributed by atoms with Gasteiger partial charge < -0.3 is 15.8 Å². The van der Waals surface area contributed by atoms with E-state index in [0.29, 0.717) is 12.8 Å². The molecule has 0 aromatic rings. The minimum atomic E-state index is -0.740. The SMILES string of the molecule is CCC(C)(C)N(C)C(=O)C1(C(N)=NO)CC1. The molecule has 0 heterocycles. The number of carbonyl (C=O) groups is 1. The second kappa shape index (κ2) is 3.96. The fourth-order valence-electron chi connectivity index (χ4n) is 1.63. The summed E-state index contributed by atoms with van der Waals surface area (Å²) in [5, 5.41) is 11.7. The zero-order valence-electron chi connectivity index (χ0n) is 10.4. The van der Waals surface area contributed by atoms with Gasteiger partial charge >= 0.3 is 0 Å². The van der Waals surface area contributed by atoms with Crippen LogP contribution in [0.3, 0.4) is 0 Å². The van der Waals surface area contributed by atoms with Gasteiger partial charge in [0, 0.05) is 12.6 Å². The fraction of sp³-hybridized carbons (Fsp3) is 0.818. The van der Waals surface area contributed by atoms with Crippen molar-refractivity contribution in [2.75, 3.05) is 7.05 Å². The lowest BCUT2D eigenvalue weighted by molar-refractivity contribution is -0.138. The molecule has 0 spiro atoms. The Balaban J connectivity index is 2.88. The van der Waals surface area contributed by atoms with Gasteiger partial charge in [0.15, 0.2) is 5.84 Å². The molecule has 0 aromatic carbocycles. The summed E-state index contributed by atoms with van der Waals surface area (Å²) in [6.07, 6.45) is 2.21. The minimum Gasteiger partial charge on any atom is -0.409 e. The van der Waals surface area contributed by atoms with Crippen LogP contribution in [0.15, 0.2) is 5.16 Å². The van der Waals surface area contributed by atoms with Gasteiger partial charge in [-0.2, -0.15) is 0 Å². The number of oxime groups is 1. The average molecular weight is 227 g/mol. The Bertz CT molecular complexity index is 319. The quantitative estimate of drug-likeness (QED) is 0.327. The van der Waals surface area contributed by atoms with E-state index in [1.54, 1.807) is 11.9 Å². The number of amidine groups is 1. The van der Waals surface area contributed by atoms with Crippen molar-refractivity contribution in [3.05, 3.63) is 0 Å². The van der Waals surface area contributed by atoms with Gasteiger partial charge in [-0.25, -0.2) is 0 Å². The average Bonchev–Trinajstić information content (AvgIpc) is 3.07. The smallest absolute Gasteiger partial charge is 0.236 e. The third kappa shape index (κ3) is 1.86. The summed E-state index contributed by atoms with van der Waals surface area (Å²) in [5.41, 5.74) is 4.64. The van der Waals surface area contributed by atoms with Crippen LogP contribution in [0.4, 0.5) is 0 Å². The number of nitrogens with two attached hydrogens (primary N) is 1. The van der Waals surface area contributed by atoms with E-state index in [4.69, 9.17) is 10.9 Å². The van der Waals surface area contributed by atoms with E-state index in [1.165, 1.54) is 0 Å². The molecule has 0 radical (unpaired) electrons. The molecule has 1 amide bonds. The Labute approximate surface area is 96.3 Å². The molecular weight excluding hydrogens is 206 g/mol. The highest BCUT2D eigenvalue weighted by Gasteiger charge is 2.56. The molecule has 0 aliphatic heterocycles. The van der Waals surface area contributed by atoms with Crippen molar-refractivity contribution < 1.29 is 10.0 Å². The highest BCUT2D eigenvalue weighted by atomic mass is 16.4. The molecule has 1 aliphatic carbocycles. The predicted molar refractivity (Wildman–Crippen MR) is 62.2 cm³/mol. The number of carbonyl (C=O) groups excluding carboxylic acids is 1. The molecule has 92 valence electrons. The Morgan fingerprint density at radius 1 is 1.56 bits per heavy atom. The van der Waals surface area contributed by atoms with E-state index in [2.05, 4.69) is 5.16 Å². The standard InChI is InChI=1S/C11H21N3O2/c1-5-10(2,3)14(4)9(15)11(6-7-11)8(12)13-16/h16H,5-7H2,1-4H3,(H2,12,13). The first-order valence-corrected chi connectivity index (χ1v) is 5.58. The maximum atomic E-state index is 12.3. The van der Waals surface area contributed by atoms with Crippen molar-refractivity contribution in [2.45, 2.75) is 45.6 Å². The Morgan fingerprint density at radius 3 is 2.38 bits per heavy atom. The predicted octanol–water partition coefficient (Wildman–Crippen LogP) is 1.16. The molecule has 0 saturated heterocycles. The summed E-state index contributed by atoms with van der Waals surface area (Å²) in [6, 6.07) is 0. The number of hydrogen-bond acceptors (Lipinski definition) is 3. The summed E-state index contributed by atoms with van der Waals surface area (Å²) in [6.45, 7) is 6.05. The normalized spacial score (nSPS) is 19.4. The van der Waals surface area contributed by atoms with Crippen LogP contribution in [-0.2, 0) is 4.79 Å². The molecule has 1 rings (SSSR count). The van der Waals surface area contributed by atoms with Crippen molar-refractivity contribution in [2.24, 2.45) is 16.3 Å². The minimum absolute atomic E-state index is 0.0382. The fourth-order valence-corrected chi connectivity index (χ4v) is 1.63. The van der Waals surface area contributed by atoms with Crippen LogP contribution in [-0.4, -0.2) is 34.4 Å². The van der Waals surface area contributed by atoms with E-state index >= 15 is 0 Å². The third-order valence-corrected chi connectivity index (χ3v) is 3.84. The van der Waals surface area contributed by atoms with Crippen molar-refractivity contribution in [1.82, 2.24) is 4.90 Å². The molecule has 0 unspecified atom stereocenters. The van der Waals surface area contributed by atoms with Gasteiger partial charge in [0.05, 0.1) is 0 Å². The lowest BCUT2D eigenvalue weighted by Crippen LogP contribution is -2.50. The molecule has 3 N–H and O–H groups in total. The summed E-state index contributed by atoms with van der Waals surface area (Å²) >= 11 is 0. The van der Waals surface area contributed by atoms with Gasteiger partial charge in [-0.05, 0) is 33.1 Å². The van der Waals surface area contributed by atoms with Crippen molar-refractivity contribution in [3.8, 4) is 0 Å². The summed E-state index contributed by atoms with van der Waals surface area (Å²) in [5.74, 6) is -0.00842. The second-order valence-electron chi connectivity index (χ2n) is 5.10. The number of amides is 1. The van der Waals surface area contributed by atoms with Gasteiger partial charge in [0.1, 0.15) is 5.41 Å². The molecular formula is C11H21N3O2. The Hall–Kier alpha value is -1.26. The van der Waals surface area contributed by atoms with E-state index in [0.717, 1.165) is 6.42 Å². The van der Waals surface area contributed by atoms with E-state index < -0.39 is 5.41 Å². The maximum absolute atomic E-state index is 12.3. The van der Waals surface area contributed by atoms with Crippen LogP contribution in [0.25, 0.3) is 0 Å². The van der Waals surface area contributed by atoms with Crippen LogP contribution < -0.4 is 5.73 Å². The molecule has 16 heavy (non-hydrogen) atoms. The van der Waals surface area contributed by atoms with E-state index in [-0.39, 0.29) is 17.3 Å². The van der Waals surface area contributed by atoms with Gasteiger partial charge in [0.25, 0.3) is 0 Å². The first kappa shape index (κ1) is 12.8. The molecule has 0 bridgehead atoms. The maximum Gasteiger partial charge on any atom is 0.236 e. The van der Waals surface area contributed by atoms with E-state index in [1.807, 2.05) is 20.8 Å². The van der Waals surface area contributed by atoms with Crippen molar-refractivity contribution >= 4 is 11.7 Å². The second-order valence-corrected chi connectivity index (χ2v) is 5.10. The van der Waals surface area contributed by atoms with Crippen LogP contribution in [0.2, 0.25) is 0 Å². The highest BCUT2D eigenvalue weighted by molar-refractivity contribution is 6.09. The molecule has 1 aliphatic rings. The molecule has 5 heteroatoms. The third-order valence-electron chi connectivity index (χ3n) is 3.84. The lowest BCUT2D eigenvalue weighted by Gasteiger charge is -2.37. The Kier molecular flexibility index (Phi) is 3.17. The zero-order chi connectivity index (χ0) is 12.6. The monoisotopic (exact) mass is 227 g/mol. The molecule has 1 saturated carbocycles. The molecule has 1 fully saturated rings. The van der Waals surface area contributed by atoms with Gasteiger partial charge in [0.2, 0.25) is 5.91 Å². The number of hydrogen-bond donors (Lipinski definition) is 2. The zero-order valence-corrected chi connectivity index (χ0v) is 10.4. The Morgan fingerprint density at radius 2 is 2.06 bits per heavy atom. The van der Waals surface area contributed by atoms with Crippen molar-refractivity contribution in [1.29, 1.82) is 0 Å². The van der Waals surface area contributed by atoms with Crippen LogP contribution in [0.5, 0.6) is 0 Å². The largest absolute Gasteiger partial charge is 0.409 e. The molecule has 0 atom stereocenters. The topological polar surface area (TPSA) is 78.9 Å². The van der Waals surface area contributed by atoms with E-state index in [9.17, 15) is 4.79 Å².